The Balaban J connectivity index is 1.99. The highest BCUT2D eigenvalue weighted by Crippen LogP contribution is 2.36. The van der Waals surface area contributed by atoms with Gasteiger partial charge in [-0.3, -0.25) is 9.69 Å². The fraction of sp³-hybridized carbons (Fsp3) is 0.389. The maximum Gasteiger partial charge on any atom is 0.298 e. The molecule has 0 aliphatic carbocycles. The van der Waals surface area contributed by atoms with E-state index < -0.39 is 0 Å². The molecule has 0 bridgehead atoms. The van der Waals surface area contributed by atoms with Crippen molar-refractivity contribution in [3.8, 4) is 5.75 Å². The fourth-order valence-corrected chi connectivity index (χ4v) is 3.74. The van der Waals surface area contributed by atoms with Crippen molar-refractivity contribution in [2.24, 2.45) is 0 Å². The van der Waals surface area contributed by atoms with Gasteiger partial charge in [-0.2, -0.15) is 0 Å². The van der Waals surface area contributed by atoms with Crippen molar-refractivity contribution < 1.29 is 14.1 Å². The monoisotopic (exact) mass is 374 g/mol. The summed E-state index contributed by atoms with van der Waals surface area (Å²) in [6.45, 7) is 3.44. The van der Waals surface area contributed by atoms with Crippen molar-refractivity contribution in [1.29, 1.82) is 0 Å². The molecule has 0 saturated carbocycles. The average molecular weight is 374 g/mol. The van der Waals surface area contributed by atoms with Crippen molar-refractivity contribution >= 4 is 32.6 Å². The molecule has 1 amide bonds. The van der Waals surface area contributed by atoms with Crippen LogP contribution in [0.3, 0.4) is 0 Å². The number of rotatable bonds is 7. The predicted molar refractivity (Wildman–Crippen MR) is 102 cm³/mol. The van der Waals surface area contributed by atoms with Crippen molar-refractivity contribution in [3.63, 3.8) is 0 Å². The molecule has 0 radical (unpaired) electrons. The number of fused-ring (bicyclic) bond motifs is 1. The summed E-state index contributed by atoms with van der Waals surface area (Å²) >= 11 is 1.48. The van der Waals surface area contributed by atoms with E-state index in [4.69, 9.17) is 14.2 Å². The molecule has 2 aromatic heterocycles. The molecule has 138 valence electrons. The molecule has 26 heavy (non-hydrogen) atoms. The van der Waals surface area contributed by atoms with Crippen molar-refractivity contribution in [2.75, 3.05) is 39.2 Å². The number of ether oxygens (including phenoxy) is 1. The zero-order valence-electron chi connectivity index (χ0n) is 15.4. The summed E-state index contributed by atoms with van der Waals surface area (Å²) < 4.78 is 11.5. The van der Waals surface area contributed by atoms with E-state index in [9.17, 15) is 4.79 Å². The lowest BCUT2D eigenvalue weighted by atomic mass is 10.2. The van der Waals surface area contributed by atoms with Gasteiger partial charge < -0.3 is 14.2 Å². The highest BCUT2D eigenvalue weighted by atomic mass is 32.1. The van der Waals surface area contributed by atoms with Gasteiger partial charge in [0.1, 0.15) is 11.3 Å². The van der Waals surface area contributed by atoms with Gasteiger partial charge in [0.25, 0.3) is 5.91 Å². The third-order valence-corrected chi connectivity index (χ3v) is 5.24. The smallest absolute Gasteiger partial charge is 0.298 e. The van der Waals surface area contributed by atoms with Gasteiger partial charge >= 0.3 is 0 Å². The quantitative estimate of drug-likeness (QED) is 0.632. The number of aryl methyl sites for hydroxylation is 1. The zero-order valence-corrected chi connectivity index (χ0v) is 16.2. The molecule has 0 aliphatic heterocycles. The number of aromatic nitrogens is 2. The molecule has 3 rings (SSSR count). The summed E-state index contributed by atoms with van der Waals surface area (Å²) in [6.07, 6.45) is 2.29. The van der Waals surface area contributed by atoms with Crippen molar-refractivity contribution in [2.45, 2.75) is 13.3 Å². The molecular weight excluding hydrogens is 352 g/mol. The molecule has 0 N–H and O–H groups in total. The maximum atomic E-state index is 12.9. The van der Waals surface area contributed by atoms with Gasteiger partial charge in [0.2, 0.25) is 5.76 Å². The summed E-state index contributed by atoms with van der Waals surface area (Å²) in [5.41, 5.74) is 1.88. The number of benzene rings is 1. The molecule has 1 aromatic carbocycles. The molecule has 8 heteroatoms. The Morgan fingerprint density at radius 2 is 2.08 bits per heavy atom. The maximum absolute atomic E-state index is 12.9. The largest absolute Gasteiger partial charge is 0.494 e. The summed E-state index contributed by atoms with van der Waals surface area (Å²) in [6, 6.07) is 5.47. The molecule has 0 atom stereocenters. The predicted octanol–water partition coefficient (Wildman–Crippen LogP) is 3.20. The van der Waals surface area contributed by atoms with Crippen LogP contribution in [0, 0.1) is 6.92 Å². The first-order chi connectivity index (χ1) is 12.5. The first-order valence-electron chi connectivity index (χ1n) is 8.32. The summed E-state index contributed by atoms with van der Waals surface area (Å²) in [5, 5.41) is 4.28. The first-order valence-corrected chi connectivity index (χ1v) is 9.14. The Labute approximate surface area is 156 Å². The third kappa shape index (κ3) is 3.71. The summed E-state index contributed by atoms with van der Waals surface area (Å²) in [5.74, 6) is 0.670. The topological polar surface area (TPSA) is 71.7 Å². The SMILES string of the molecule is COc1ccc(C)c2sc(N(CCCN(C)C)C(=O)c3ccno3)nc12. The average Bonchev–Trinajstić information content (AvgIpc) is 3.28. The minimum Gasteiger partial charge on any atom is -0.494 e. The molecular formula is C18H22N4O3S. The lowest BCUT2D eigenvalue weighted by Gasteiger charge is -2.19. The number of nitrogens with zero attached hydrogens (tertiary/aromatic N) is 4. The van der Waals surface area contributed by atoms with E-state index in [0.717, 1.165) is 28.7 Å². The number of thiazole rings is 1. The Morgan fingerprint density at radius 3 is 2.73 bits per heavy atom. The minimum atomic E-state index is -0.239. The summed E-state index contributed by atoms with van der Waals surface area (Å²) in [7, 11) is 5.64. The normalized spacial score (nSPS) is 11.3. The molecule has 0 aliphatic rings. The lowest BCUT2D eigenvalue weighted by Crippen LogP contribution is -2.33. The van der Waals surface area contributed by atoms with E-state index in [0.29, 0.717) is 17.4 Å². The second kappa shape index (κ2) is 7.84. The number of carbonyl (C=O) groups excluding carboxylic acids is 1. The van der Waals surface area contributed by atoms with Gasteiger partial charge in [-0.25, -0.2) is 4.98 Å². The van der Waals surface area contributed by atoms with Crippen LogP contribution in [-0.2, 0) is 0 Å². The summed E-state index contributed by atoms with van der Waals surface area (Å²) in [4.78, 5) is 21.4. The molecule has 0 unspecified atom stereocenters. The van der Waals surface area contributed by atoms with Crippen LogP contribution in [0.1, 0.15) is 22.5 Å². The first kappa shape index (κ1) is 18.3. The van der Waals surface area contributed by atoms with E-state index in [-0.39, 0.29) is 11.7 Å². The molecule has 3 aromatic rings. The Kier molecular flexibility index (Phi) is 5.53. The number of amides is 1. The third-order valence-electron chi connectivity index (χ3n) is 4.02. The number of hydrogen-bond donors (Lipinski definition) is 0. The number of anilines is 1. The minimum absolute atomic E-state index is 0.206. The Morgan fingerprint density at radius 1 is 1.27 bits per heavy atom. The molecule has 0 saturated heterocycles. The van der Waals surface area contributed by atoms with Crippen LogP contribution < -0.4 is 9.64 Å². The van der Waals surface area contributed by atoms with Gasteiger partial charge in [-0.15, -0.1) is 0 Å². The zero-order chi connectivity index (χ0) is 18.7. The van der Waals surface area contributed by atoms with E-state index in [2.05, 4.69) is 10.1 Å². The van der Waals surface area contributed by atoms with E-state index >= 15 is 0 Å². The molecule has 0 spiro atoms. The van der Waals surface area contributed by atoms with Crippen LogP contribution in [0.5, 0.6) is 5.75 Å². The van der Waals surface area contributed by atoms with Crippen molar-refractivity contribution in [1.82, 2.24) is 15.0 Å². The van der Waals surface area contributed by atoms with E-state index in [1.54, 1.807) is 18.1 Å². The van der Waals surface area contributed by atoms with Gasteiger partial charge in [-0.1, -0.05) is 22.6 Å². The fourth-order valence-electron chi connectivity index (χ4n) is 2.67. The van der Waals surface area contributed by atoms with Crippen LogP contribution in [0.25, 0.3) is 10.2 Å². The van der Waals surface area contributed by atoms with Crippen molar-refractivity contribution in [3.05, 3.63) is 35.7 Å². The van der Waals surface area contributed by atoms with Crippen LogP contribution >= 0.6 is 11.3 Å². The molecule has 7 nitrogen and oxygen atoms in total. The lowest BCUT2D eigenvalue weighted by molar-refractivity contribution is 0.0950. The highest BCUT2D eigenvalue weighted by Gasteiger charge is 2.24. The number of carbonyl (C=O) groups is 1. The van der Waals surface area contributed by atoms with Gasteiger partial charge in [-0.05, 0) is 45.6 Å². The van der Waals surface area contributed by atoms with E-state index in [1.165, 1.54) is 17.5 Å². The Hall–Kier alpha value is -2.45. The Bertz CT molecular complexity index is 889. The molecule has 2 heterocycles. The second-order valence-corrected chi connectivity index (χ2v) is 7.23. The van der Waals surface area contributed by atoms with Gasteiger partial charge in [0, 0.05) is 12.6 Å². The van der Waals surface area contributed by atoms with E-state index in [1.807, 2.05) is 33.2 Å². The standard InChI is InChI=1S/C18H22N4O3S/c1-12-6-7-13(24-4)15-16(12)26-18(20-15)22(11-5-10-21(2)3)17(23)14-8-9-19-25-14/h6-9H,5,10-11H2,1-4H3. The number of hydrogen-bond acceptors (Lipinski definition) is 7. The molecule has 0 fully saturated rings. The highest BCUT2D eigenvalue weighted by molar-refractivity contribution is 7.22. The van der Waals surface area contributed by atoms with Gasteiger partial charge in [0.05, 0.1) is 18.0 Å². The van der Waals surface area contributed by atoms with Gasteiger partial charge in [0.15, 0.2) is 5.13 Å². The number of methoxy groups -OCH3 is 1. The van der Waals surface area contributed by atoms with Crippen LogP contribution in [0.4, 0.5) is 5.13 Å². The van der Waals surface area contributed by atoms with Crippen LogP contribution in [0.2, 0.25) is 0 Å². The van der Waals surface area contributed by atoms with Crippen LogP contribution in [-0.4, -0.2) is 55.2 Å². The van der Waals surface area contributed by atoms with Crippen LogP contribution in [0.15, 0.2) is 28.9 Å². The second-order valence-electron chi connectivity index (χ2n) is 6.25.